The van der Waals surface area contributed by atoms with E-state index in [1.165, 1.54) is 42.5 Å². The highest BCUT2D eigenvalue weighted by molar-refractivity contribution is 6.35. The number of carbonyl (C=O) groups excluding carboxylic acids is 2. The first-order chi connectivity index (χ1) is 18.5. The molecule has 0 unspecified atom stereocenters. The lowest BCUT2D eigenvalue weighted by Crippen LogP contribution is -2.44. The highest BCUT2D eigenvalue weighted by Gasteiger charge is 2.33. The van der Waals surface area contributed by atoms with E-state index >= 15 is 0 Å². The number of halogens is 5. The summed E-state index contributed by atoms with van der Waals surface area (Å²) in [5.74, 6) is -1.63. The molecule has 39 heavy (non-hydrogen) atoms. The van der Waals surface area contributed by atoms with Gasteiger partial charge in [-0.1, -0.05) is 53.5 Å². The highest BCUT2D eigenvalue weighted by Crippen LogP contribution is 2.34. The Labute approximate surface area is 228 Å². The second-order valence-corrected chi connectivity index (χ2v) is 9.22. The van der Waals surface area contributed by atoms with Crippen molar-refractivity contribution in [2.45, 2.75) is 25.8 Å². The van der Waals surface area contributed by atoms with E-state index in [9.17, 15) is 32.3 Å². The minimum atomic E-state index is -4.72. The Kier molecular flexibility index (Phi) is 8.12. The molecule has 4 aromatic rings. The molecule has 202 valence electrons. The van der Waals surface area contributed by atoms with Gasteiger partial charge in [0.2, 0.25) is 11.8 Å². The molecule has 0 radical (unpaired) electrons. The number of hydrogen-bond acceptors (Lipinski definition) is 4. The van der Waals surface area contributed by atoms with Gasteiger partial charge in [-0.3, -0.25) is 23.5 Å². The average Bonchev–Trinajstić information content (AvgIpc) is 2.88. The summed E-state index contributed by atoms with van der Waals surface area (Å²) in [7, 11) is 0. The van der Waals surface area contributed by atoms with Crippen molar-refractivity contribution < 1.29 is 22.8 Å². The van der Waals surface area contributed by atoms with Crippen molar-refractivity contribution in [3.05, 3.63) is 109 Å². The normalized spacial score (nSPS) is 11.4. The van der Waals surface area contributed by atoms with Crippen LogP contribution in [0.15, 0.2) is 76.3 Å². The smallest absolute Gasteiger partial charge is 0.350 e. The molecule has 1 heterocycles. The number of fused-ring (bicyclic) bond motifs is 1. The third kappa shape index (κ3) is 6.32. The Morgan fingerprint density at radius 3 is 2.23 bits per heavy atom. The summed E-state index contributed by atoms with van der Waals surface area (Å²) in [5.41, 5.74) is -2.67. The Balaban J connectivity index is 1.62. The molecular formula is C26H19Cl2F3N4O4. The topological polar surface area (TPSA) is 102 Å². The lowest BCUT2D eigenvalue weighted by molar-refractivity contribution is -0.137. The van der Waals surface area contributed by atoms with Gasteiger partial charge in [0.25, 0.3) is 5.56 Å². The van der Waals surface area contributed by atoms with Crippen LogP contribution >= 0.6 is 23.2 Å². The molecule has 0 bridgehead atoms. The number of nitrogens with zero attached hydrogens (tertiary/aromatic N) is 2. The standard InChI is InChI=1S/C26H19Cl2F3N4O4/c27-16-10-9-15(19(28)11-16)12-32-22(36)13-35-24(38)17-5-1-4-8-21(17)34(25(35)39)14-23(37)33-20-7-3-2-6-18(20)26(29,30)31/h1-11H,12-14H2,(H,32,36)(H,33,37). The maximum atomic E-state index is 13.3. The molecule has 1 aromatic heterocycles. The number of benzene rings is 3. The molecule has 0 spiro atoms. The summed E-state index contributed by atoms with van der Waals surface area (Å²) in [4.78, 5) is 51.7. The number of para-hydroxylation sites is 2. The van der Waals surface area contributed by atoms with E-state index in [2.05, 4.69) is 10.6 Å². The first-order valence-corrected chi connectivity index (χ1v) is 12.1. The molecule has 3 aromatic carbocycles. The lowest BCUT2D eigenvalue weighted by Gasteiger charge is -2.16. The van der Waals surface area contributed by atoms with Crippen LogP contribution in [0, 0.1) is 0 Å². The maximum absolute atomic E-state index is 13.3. The number of nitrogens with one attached hydrogen (secondary N) is 2. The van der Waals surface area contributed by atoms with E-state index < -0.39 is 53.6 Å². The van der Waals surface area contributed by atoms with E-state index in [0.717, 1.165) is 16.7 Å². The largest absolute Gasteiger partial charge is 0.418 e. The Hall–Kier alpha value is -4.09. The monoisotopic (exact) mass is 578 g/mol. The van der Waals surface area contributed by atoms with Crippen LogP contribution < -0.4 is 21.9 Å². The van der Waals surface area contributed by atoms with Crippen molar-refractivity contribution >= 4 is 51.6 Å². The van der Waals surface area contributed by atoms with E-state index in [4.69, 9.17) is 23.2 Å². The molecule has 13 heteroatoms. The van der Waals surface area contributed by atoms with Crippen LogP contribution in [0.4, 0.5) is 18.9 Å². The van der Waals surface area contributed by atoms with Crippen molar-refractivity contribution in [3.63, 3.8) is 0 Å². The van der Waals surface area contributed by atoms with E-state index in [-0.39, 0.29) is 17.4 Å². The second-order valence-electron chi connectivity index (χ2n) is 8.38. The lowest BCUT2D eigenvalue weighted by atomic mass is 10.1. The first-order valence-electron chi connectivity index (χ1n) is 11.3. The van der Waals surface area contributed by atoms with Gasteiger partial charge >= 0.3 is 11.9 Å². The number of hydrogen-bond donors (Lipinski definition) is 2. The second kappa shape index (κ2) is 11.3. The van der Waals surface area contributed by atoms with Crippen LogP contribution in [0.25, 0.3) is 10.9 Å². The number of anilines is 1. The van der Waals surface area contributed by atoms with Crippen LogP contribution in [0.5, 0.6) is 0 Å². The highest BCUT2D eigenvalue weighted by atomic mass is 35.5. The third-order valence-electron chi connectivity index (χ3n) is 5.73. The molecule has 0 aliphatic carbocycles. The predicted molar refractivity (Wildman–Crippen MR) is 141 cm³/mol. The summed E-state index contributed by atoms with van der Waals surface area (Å²) >= 11 is 12.0. The van der Waals surface area contributed by atoms with E-state index in [1.54, 1.807) is 12.1 Å². The molecule has 2 N–H and O–H groups in total. The van der Waals surface area contributed by atoms with Gasteiger partial charge in [-0.2, -0.15) is 13.2 Å². The summed E-state index contributed by atoms with van der Waals surface area (Å²) < 4.78 is 41.6. The van der Waals surface area contributed by atoms with Gasteiger partial charge in [-0.25, -0.2) is 4.79 Å². The molecular weight excluding hydrogens is 560 g/mol. The molecule has 0 aliphatic rings. The van der Waals surface area contributed by atoms with Gasteiger partial charge < -0.3 is 10.6 Å². The number of rotatable bonds is 7. The Morgan fingerprint density at radius 1 is 0.846 bits per heavy atom. The number of amides is 2. The molecule has 2 amide bonds. The fourth-order valence-electron chi connectivity index (χ4n) is 3.89. The first kappa shape index (κ1) is 27.9. The summed E-state index contributed by atoms with van der Waals surface area (Å²) in [6.45, 7) is -1.40. The third-order valence-corrected chi connectivity index (χ3v) is 6.32. The van der Waals surface area contributed by atoms with E-state index in [0.29, 0.717) is 20.2 Å². The van der Waals surface area contributed by atoms with Gasteiger partial charge in [-0.15, -0.1) is 0 Å². The zero-order valence-electron chi connectivity index (χ0n) is 19.9. The average molecular weight is 579 g/mol. The summed E-state index contributed by atoms with van der Waals surface area (Å²) in [5, 5.41) is 5.49. The maximum Gasteiger partial charge on any atom is 0.418 e. The molecule has 0 fully saturated rings. The molecule has 0 aliphatic heterocycles. The zero-order valence-corrected chi connectivity index (χ0v) is 21.4. The van der Waals surface area contributed by atoms with Crippen molar-refractivity contribution in [1.82, 2.24) is 14.5 Å². The van der Waals surface area contributed by atoms with Crippen LogP contribution in [0.1, 0.15) is 11.1 Å². The van der Waals surface area contributed by atoms with Crippen molar-refractivity contribution in [1.29, 1.82) is 0 Å². The number of alkyl halides is 3. The summed E-state index contributed by atoms with van der Waals surface area (Å²) in [6, 6.07) is 15.0. The molecule has 0 saturated heterocycles. The van der Waals surface area contributed by atoms with Crippen LogP contribution in [-0.4, -0.2) is 20.9 Å². The quantitative estimate of drug-likeness (QED) is 0.338. The van der Waals surface area contributed by atoms with Crippen molar-refractivity contribution in [2.75, 3.05) is 5.32 Å². The van der Waals surface area contributed by atoms with Crippen molar-refractivity contribution in [3.8, 4) is 0 Å². The van der Waals surface area contributed by atoms with E-state index in [1.807, 2.05) is 0 Å². The molecule has 8 nitrogen and oxygen atoms in total. The Morgan fingerprint density at radius 2 is 1.51 bits per heavy atom. The predicted octanol–water partition coefficient (Wildman–Crippen LogP) is 4.44. The number of carbonyl (C=O) groups is 2. The van der Waals surface area contributed by atoms with Gasteiger partial charge in [0.05, 0.1) is 22.2 Å². The van der Waals surface area contributed by atoms with Gasteiger partial charge in [0, 0.05) is 16.6 Å². The SMILES string of the molecule is O=C(Cn1c(=O)c2ccccc2n(CC(=O)Nc2ccccc2C(F)(F)F)c1=O)NCc1ccc(Cl)cc1Cl. The Bertz CT molecular complexity index is 1700. The fourth-order valence-corrected chi connectivity index (χ4v) is 4.37. The van der Waals surface area contributed by atoms with Gasteiger partial charge in [-0.05, 0) is 42.0 Å². The van der Waals surface area contributed by atoms with Crippen LogP contribution in [-0.2, 0) is 35.4 Å². The zero-order chi connectivity index (χ0) is 28.3. The van der Waals surface area contributed by atoms with Crippen molar-refractivity contribution in [2.24, 2.45) is 0 Å². The van der Waals surface area contributed by atoms with Gasteiger partial charge in [0.1, 0.15) is 13.1 Å². The molecule has 4 rings (SSSR count). The fraction of sp³-hybridized carbons (Fsp3) is 0.154. The van der Waals surface area contributed by atoms with Gasteiger partial charge in [0.15, 0.2) is 0 Å². The molecule has 0 atom stereocenters. The minimum absolute atomic E-state index is 0.00756. The van der Waals surface area contributed by atoms with Crippen LogP contribution in [0.3, 0.4) is 0 Å². The number of aromatic nitrogens is 2. The minimum Gasteiger partial charge on any atom is -0.350 e. The van der Waals surface area contributed by atoms with Crippen LogP contribution in [0.2, 0.25) is 10.0 Å². The molecule has 0 saturated carbocycles. The summed E-state index contributed by atoms with van der Waals surface area (Å²) in [6.07, 6.45) is -4.72.